The van der Waals surface area contributed by atoms with Gasteiger partial charge in [-0.15, -0.1) is 11.8 Å². The van der Waals surface area contributed by atoms with Crippen LogP contribution in [0.3, 0.4) is 0 Å². The summed E-state index contributed by atoms with van der Waals surface area (Å²) in [5, 5.41) is 2.69. The summed E-state index contributed by atoms with van der Waals surface area (Å²) in [6.07, 6.45) is 4.36. The molecule has 1 heterocycles. The van der Waals surface area contributed by atoms with Crippen molar-refractivity contribution in [2.45, 2.75) is 43.0 Å². The Bertz CT molecular complexity index is 991. The molecule has 1 aliphatic rings. The molecular formula is C22H29N3O3S2. The lowest BCUT2D eigenvalue weighted by molar-refractivity contribution is -0.114. The molecule has 2 aromatic carbocycles. The molecular weight excluding hydrogens is 418 g/mol. The van der Waals surface area contributed by atoms with Crippen LogP contribution in [0.5, 0.6) is 0 Å². The predicted octanol–water partition coefficient (Wildman–Crippen LogP) is 4.08. The van der Waals surface area contributed by atoms with E-state index in [-0.39, 0.29) is 17.3 Å². The second kappa shape index (κ2) is 9.85. The molecule has 2 aromatic rings. The molecule has 1 aliphatic heterocycles. The van der Waals surface area contributed by atoms with E-state index in [1.165, 1.54) is 43.3 Å². The highest BCUT2D eigenvalue weighted by atomic mass is 32.2. The van der Waals surface area contributed by atoms with Gasteiger partial charge in [-0.25, -0.2) is 13.1 Å². The fourth-order valence-electron chi connectivity index (χ4n) is 3.65. The molecule has 0 bridgehead atoms. The monoisotopic (exact) mass is 447 g/mol. The summed E-state index contributed by atoms with van der Waals surface area (Å²) in [7, 11) is -3.70. The standard InChI is InChI=1S/C22H29N3O3S2/c1-16-5-4-12-25(15-16)19-8-6-18(7-9-19)14-23-30(27,28)20-10-11-22(29-3)21(13-20)24-17(2)26/h6-11,13,16,23H,4-5,12,14-15H2,1-3H3,(H,24,26)/t16-/m0/s1. The van der Waals surface area contributed by atoms with Crippen molar-refractivity contribution in [1.29, 1.82) is 0 Å². The Morgan fingerprint density at radius 2 is 1.93 bits per heavy atom. The lowest BCUT2D eigenvalue weighted by atomic mass is 9.99. The summed E-state index contributed by atoms with van der Waals surface area (Å²) in [4.78, 5) is 14.8. The van der Waals surface area contributed by atoms with Crippen molar-refractivity contribution in [3.05, 3.63) is 48.0 Å². The predicted molar refractivity (Wildman–Crippen MR) is 124 cm³/mol. The molecule has 1 amide bonds. The van der Waals surface area contributed by atoms with E-state index >= 15 is 0 Å². The number of hydrogen-bond donors (Lipinski definition) is 2. The summed E-state index contributed by atoms with van der Waals surface area (Å²) >= 11 is 1.45. The highest BCUT2D eigenvalue weighted by Crippen LogP contribution is 2.28. The fraction of sp³-hybridized carbons (Fsp3) is 0.409. The molecule has 3 rings (SSSR count). The minimum atomic E-state index is -3.70. The molecule has 2 N–H and O–H groups in total. The van der Waals surface area contributed by atoms with Gasteiger partial charge in [0.1, 0.15) is 0 Å². The Morgan fingerprint density at radius 1 is 1.20 bits per heavy atom. The Morgan fingerprint density at radius 3 is 2.57 bits per heavy atom. The number of amides is 1. The minimum absolute atomic E-state index is 0.128. The molecule has 0 radical (unpaired) electrons. The van der Waals surface area contributed by atoms with Gasteiger partial charge >= 0.3 is 0 Å². The lowest BCUT2D eigenvalue weighted by Gasteiger charge is -2.32. The van der Waals surface area contributed by atoms with Crippen molar-refractivity contribution in [3.63, 3.8) is 0 Å². The van der Waals surface area contributed by atoms with Crippen LogP contribution in [0.1, 0.15) is 32.3 Å². The number of hydrogen-bond acceptors (Lipinski definition) is 5. The Hall–Kier alpha value is -2.03. The summed E-state index contributed by atoms with van der Waals surface area (Å²) < 4.78 is 28.2. The summed E-state index contributed by atoms with van der Waals surface area (Å²) in [6.45, 7) is 6.02. The first-order chi connectivity index (χ1) is 14.3. The van der Waals surface area contributed by atoms with Crippen molar-refractivity contribution in [2.75, 3.05) is 29.6 Å². The van der Waals surface area contributed by atoms with Gasteiger partial charge in [-0.05, 0) is 60.9 Å². The first kappa shape index (κ1) is 22.7. The second-order valence-electron chi connectivity index (χ2n) is 7.73. The average Bonchev–Trinajstić information content (AvgIpc) is 2.72. The number of benzene rings is 2. The largest absolute Gasteiger partial charge is 0.371 e. The summed E-state index contributed by atoms with van der Waals surface area (Å²) in [5.41, 5.74) is 2.58. The van der Waals surface area contributed by atoms with Crippen LogP contribution in [0.25, 0.3) is 0 Å². The van der Waals surface area contributed by atoms with Gasteiger partial charge in [0.15, 0.2) is 0 Å². The van der Waals surface area contributed by atoms with Crippen LogP contribution in [-0.4, -0.2) is 33.7 Å². The van der Waals surface area contributed by atoms with Gasteiger partial charge in [0.05, 0.1) is 10.6 Å². The maximum atomic E-state index is 12.8. The zero-order valence-electron chi connectivity index (χ0n) is 17.6. The third kappa shape index (κ3) is 5.77. The van der Waals surface area contributed by atoms with Crippen molar-refractivity contribution in [2.24, 2.45) is 5.92 Å². The van der Waals surface area contributed by atoms with E-state index in [9.17, 15) is 13.2 Å². The first-order valence-corrected chi connectivity index (χ1v) is 12.8. The van der Waals surface area contributed by atoms with Gasteiger partial charge in [-0.2, -0.15) is 0 Å². The Kier molecular flexibility index (Phi) is 7.44. The summed E-state index contributed by atoms with van der Waals surface area (Å²) in [5.74, 6) is 0.459. The quantitative estimate of drug-likeness (QED) is 0.625. The average molecular weight is 448 g/mol. The van der Waals surface area contributed by atoms with Gasteiger partial charge < -0.3 is 10.2 Å². The van der Waals surface area contributed by atoms with Crippen molar-refractivity contribution >= 4 is 39.1 Å². The zero-order chi connectivity index (χ0) is 21.7. The minimum Gasteiger partial charge on any atom is -0.371 e. The van der Waals surface area contributed by atoms with Gasteiger partial charge in [0.25, 0.3) is 0 Å². The number of rotatable bonds is 7. The van der Waals surface area contributed by atoms with E-state index in [2.05, 4.69) is 34.0 Å². The number of anilines is 2. The number of sulfonamides is 1. The molecule has 0 spiro atoms. The van der Waals surface area contributed by atoms with Crippen LogP contribution >= 0.6 is 11.8 Å². The van der Waals surface area contributed by atoms with E-state index in [0.29, 0.717) is 11.6 Å². The van der Waals surface area contributed by atoms with Crippen LogP contribution in [0.2, 0.25) is 0 Å². The van der Waals surface area contributed by atoms with Gasteiger partial charge in [-0.1, -0.05) is 19.1 Å². The highest BCUT2D eigenvalue weighted by Gasteiger charge is 2.18. The molecule has 30 heavy (non-hydrogen) atoms. The van der Waals surface area contributed by atoms with Crippen LogP contribution < -0.4 is 14.9 Å². The molecule has 162 valence electrons. The molecule has 1 atom stereocenters. The van der Waals surface area contributed by atoms with Crippen molar-refractivity contribution in [1.82, 2.24) is 4.72 Å². The Labute approximate surface area is 183 Å². The number of thioether (sulfide) groups is 1. The van der Waals surface area contributed by atoms with E-state index in [0.717, 1.165) is 23.5 Å². The fourth-order valence-corrected chi connectivity index (χ4v) is 5.23. The van der Waals surface area contributed by atoms with Crippen molar-refractivity contribution in [3.8, 4) is 0 Å². The van der Waals surface area contributed by atoms with Gasteiger partial charge in [-0.3, -0.25) is 4.79 Å². The smallest absolute Gasteiger partial charge is 0.240 e. The zero-order valence-corrected chi connectivity index (χ0v) is 19.3. The maximum Gasteiger partial charge on any atom is 0.240 e. The van der Waals surface area contributed by atoms with Crippen LogP contribution in [0.4, 0.5) is 11.4 Å². The molecule has 0 aromatic heterocycles. The molecule has 6 nitrogen and oxygen atoms in total. The molecule has 1 fully saturated rings. The first-order valence-electron chi connectivity index (χ1n) is 10.1. The topological polar surface area (TPSA) is 78.5 Å². The maximum absolute atomic E-state index is 12.8. The SMILES string of the molecule is CSc1ccc(S(=O)(=O)NCc2ccc(N3CCC[C@H](C)C3)cc2)cc1NC(C)=O. The molecule has 1 saturated heterocycles. The number of carbonyl (C=O) groups is 1. The third-order valence-corrected chi connectivity index (χ3v) is 7.41. The number of nitrogens with zero attached hydrogens (tertiary/aromatic N) is 1. The van der Waals surface area contributed by atoms with Crippen LogP contribution in [0.15, 0.2) is 52.3 Å². The van der Waals surface area contributed by atoms with Crippen LogP contribution in [-0.2, 0) is 21.4 Å². The third-order valence-electron chi connectivity index (χ3n) is 5.22. The van der Waals surface area contributed by atoms with E-state index in [4.69, 9.17) is 0 Å². The number of carbonyl (C=O) groups excluding carboxylic acids is 1. The molecule has 0 saturated carbocycles. The highest BCUT2D eigenvalue weighted by molar-refractivity contribution is 7.98. The second-order valence-corrected chi connectivity index (χ2v) is 10.3. The molecule has 0 unspecified atom stereocenters. The molecule has 0 aliphatic carbocycles. The van der Waals surface area contributed by atoms with E-state index in [1.54, 1.807) is 12.1 Å². The number of nitrogens with one attached hydrogen (secondary N) is 2. The van der Waals surface area contributed by atoms with E-state index < -0.39 is 10.0 Å². The van der Waals surface area contributed by atoms with Gasteiger partial charge in [0.2, 0.25) is 15.9 Å². The normalized spacial score (nSPS) is 17.0. The lowest BCUT2D eigenvalue weighted by Crippen LogP contribution is -2.34. The molecule has 8 heteroatoms. The van der Waals surface area contributed by atoms with Crippen LogP contribution in [0, 0.1) is 5.92 Å². The summed E-state index contributed by atoms with van der Waals surface area (Å²) in [6, 6.07) is 12.8. The van der Waals surface area contributed by atoms with E-state index in [1.807, 2.05) is 18.4 Å². The van der Waals surface area contributed by atoms with Gasteiger partial charge in [0, 0.05) is 37.1 Å². The number of piperidine rings is 1. The Balaban J connectivity index is 1.68. The van der Waals surface area contributed by atoms with Crippen molar-refractivity contribution < 1.29 is 13.2 Å².